The third kappa shape index (κ3) is 4.92. The number of carbonyl (C=O) groups excluding carboxylic acids is 3. The van der Waals surface area contributed by atoms with Crippen molar-refractivity contribution in [2.45, 2.75) is 6.92 Å². The number of thiazole rings is 1. The molecule has 1 aromatic carbocycles. The largest absolute Gasteiger partial charge is 0.459 e. The van der Waals surface area contributed by atoms with Crippen LogP contribution in [0.25, 0.3) is 0 Å². The molecule has 0 bridgehead atoms. The number of nitrogens with zero attached hydrogens (tertiary/aromatic N) is 3. The molecule has 9 nitrogen and oxygen atoms in total. The van der Waals surface area contributed by atoms with Crippen LogP contribution in [0.3, 0.4) is 0 Å². The van der Waals surface area contributed by atoms with Gasteiger partial charge in [0.25, 0.3) is 11.8 Å². The zero-order valence-corrected chi connectivity index (χ0v) is 17.6. The van der Waals surface area contributed by atoms with E-state index < -0.39 is 6.03 Å². The molecule has 1 saturated heterocycles. The summed E-state index contributed by atoms with van der Waals surface area (Å²) in [5, 5.41) is 7.33. The van der Waals surface area contributed by atoms with Crippen LogP contribution in [0.1, 0.15) is 26.6 Å². The van der Waals surface area contributed by atoms with Crippen LogP contribution in [0, 0.1) is 6.92 Å². The van der Waals surface area contributed by atoms with Gasteiger partial charge in [0, 0.05) is 37.2 Å². The number of aryl methyl sites for hydroxylation is 1. The summed E-state index contributed by atoms with van der Waals surface area (Å²) in [5.41, 5.74) is 1.97. The maximum absolute atomic E-state index is 12.8. The van der Waals surface area contributed by atoms with Gasteiger partial charge in [0.15, 0.2) is 10.9 Å². The Balaban J connectivity index is 1.30. The quantitative estimate of drug-likeness (QED) is 0.649. The number of amides is 4. The summed E-state index contributed by atoms with van der Waals surface area (Å²) >= 11 is 1.18. The minimum absolute atomic E-state index is 0.183. The van der Waals surface area contributed by atoms with Crippen molar-refractivity contribution in [3.05, 3.63) is 65.1 Å². The topological polar surface area (TPSA) is 108 Å². The molecular weight excluding hydrogens is 418 g/mol. The van der Waals surface area contributed by atoms with E-state index in [0.29, 0.717) is 42.8 Å². The van der Waals surface area contributed by atoms with Gasteiger partial charge < -0.3 is 19.5 Å². The fourth-order valence-corrected chi connectivity index (χ4v) is 3.92. The first-order valence-corrected chi connectivity index (χ1v) is 10.6. The van der Waals surface area contributed by atoms with Crippen molar-refractivity contribution in [3.8, 4) is 0 Å². The summed E-state index contributed by atoms with van der Waals surface area (Å²) in [5.74, 6) is -0.121. The van der Waals surface area contributed by atoms with Gasteiger partial charge in [-0.3, -0.25) is 14.9 Å². The molecule has 31 heavy (non-hydrogen) atoms. The SMILES string of the molecule is Cc1cccc(NC(=O)Nc2nc(C(=O)N3CCN(C(=O)c4ccco4)CC3)cs2)c1. The minimum Gasteiger partial charge on any atom is -0.459 e. The molecule has 10 heteroatoms. The Labute approximate surface area is 182 Å². The van der Waals surface area contributed by atoms with Gasteiger partial charge in [-0.15, -0.1) is 11.3 Å². The molecule has 0 unspecified atom stereocenters. The number of nitrogens with one attached hydrogen (secondary N) is 2. The van der Waals surface area contributed by atoms with Crippen LogP contribution in [-0.4, -0.2) is 58.8 Å². The van der Waals surface area contributed by atoms with Gasteiger partial charge in [0.2, 0.25) is 0 Å². The molecule has 3 heterocycles. The molecule has 0 radical (unpaired) electrons. The third-order valence-corrected chi connectivity index (χ3v) is 5.56. The monoisotopic (exact) mass is 439 g/mol. The highest BCUT2D eigenvalue weighted by molar-refractivity contribution is 7.14. The second-order valence-corrected chi connectivity index (χ2v) is 7.91. The van der Waals surface area contributed by atoms with Crippen molar-refractivity contribution in [2.75, 3.05) is 36.8 Å². The van der Waals surface area contributed by atoms with Crippen LogP contribution >= 0.6 is 11.3 Å². The van der Waals surface area contributed by atoms with Crippen molar-refractivity contribution >= 4 is 40.0 Å². The lowest BCUT2D eigenvalue weighted by Gasteiger charge is -2.33. The predicted molar refractivity (Wildman–Crippen MR) is 116 cm³/mol. The lowest BCUT2D eigenvalue weighted by atomic mass is 10.2. The lowest BCUT2D eigenvalue weighted by molar-refractivity contribution is 0.0515. The van der Waals surface area contributed by atoms with E-state index in [0.717, 1.165) is 5.56 Å². The van der Waals surface area contributed by atoms with Gasteiger partial charge in [0.1, 0.15) is 5.69 Å². The van der Waals surface area contributed by atoms with Crippen molar-refractivity contribution < 1.29 is 18.8 Å². The second-order valence-electron chi connectivity index (χ2n) is 7.05. The number of anilines is 2. The molecule has 1 aliphatic heterocycles. The lowest BCUT2D eigenvalue weighted by Crippen LogP contribution is -2.50. The number of hydrogen-bond donors (Lipinski definition) is 2. The maximum Gasteiger partial charge on any atom is 0.325 e. The van der Waals surface area contributed by atoms with E-state index in [-0.39, 0.29) is 17.5 Å². The minimum atomic E-state index is -0.427. The summed E-state index contributed by atoms with van der Waals surface area (Å²) in [4.78, 5) is 44.8. The van der Waals surface area contributed by atoms with Gasteiger partial charge in [-0.25, -0.2) is 9.78 Å². The first-order chi connectivity index (χ1) is 15.0. The highest BCUT2D eigenvalue weighted by Gasteiger charge is 2.27. The van der Waals surface area contributed by atoms with E-state index in [1.807, 2.05) is 25.1 Å². The standard InChI is InChI=1S/C21H21N5O4S/c1-14-4-2-5-15(12-14)22-20(29)24-21-23-16(13-31-21)18(27)25-7-9-26(10-8-25)19(28)17-6-3-11-30-17/h2-6,11-13H,7-10H2,1H3,(H2,22,23,24,29). The van der Waals surface area contributed by atoms with E-state index in [9.17, 15) is 14.4 Å². The molecule has 0 atom stereocenters. The average molecular weight is 439 g/mol. The number of furan rings is 1. The van der Waals surface area contributed by atoms with Crippen LogP contribution < -0.4 is 10.6 Å². The molecular formula is C21H21N5O4S. The second kappa shape index (κ2) is 9.00. The molecule has 0 aliphatic carbocycles. The van der Waals surface area contributed by atoms with E-state index >= 15 is 0 Å². The fraction of sp³-hybridized carbons (Fsp3) is 0.238. The Bertz CT molecular complexity index is 1090. The number of carbonyl (C=O) groups is 3. The number of urea groups is 1. The van der Waals surface area contributed by atoms with Gasteiger partial charge in [0.05, 0.1) is 6.26 Å². The van der Waals surface area contributed by atoms with Crippen LogP contribution in [0.4, 0.5) is 15.6 Å². The van der Waals surface area contributed by atoms with Crippen molar-refractivity contribution in [1.82, 2.24) is 14.8 Å². The summed E-state index contributed by atoms with van der Waals surface area (Å²) in [6, 6.07) is 10.3. The van der Waals surface area contributed by atoms with Gasteiger partial charge in [-0.2, -0.15) is 0 Å². The van der Waals surface area contributed by atoms with E-state index in [1.165, 1.54) is 17.6 Å². The Hall–Kier alpha value is -3.66. The Morgan fingerprint density at radius 2 is 1.74 bits per heavy atom. The normalized spacial score (nSPS) is 13.7. The van der Waals surface area contributed by atoms with Crippen LogP contribution in [0.15, 0.2) is 52.5 Å². The Morgan fingerprint density at radius 3 is 2.42 bits per heavy atom. The van der Waals surface area contributed by atoms with Gasteiger partial charge in [-0.05, 0) is 36.8 Å². The molecule has 4 rings (SSSR count). The average Bonchev–Trinajstić information content (AvgIpc) is 3.45. The van der Waals surface area contributed by atoms with Crippen molar-refractivity contribution in [3.63, 3.8) is 0 Å². The smallest absolute Gasteiger partial charge is 0.325 e. The van der Waals surface area contributed by atoms with E-state index in [4.69, 9.17) is 4.42 Å². The molecule has 160 valence electrons. The first-order valence-electron chi connectivity index (χ1n) is 9.72. The number of piperazine rings is 1. The summed E-state index contributed by atoms with van der Waals surface area (Å²) in [6.07, 6.45) is 1.46. The van der Waals surface area contributed by atoms with Crippen LogP contribution in [0.5, 0.6) is 0 Å². The van der Waals surface area contributed by atoms with Gasteiger partial charge in [-0.1, -0.05) is 12.1 Å². The highest BCUT2D eigenvalue weighted by Crippen LogP contribution is 2.19. The highest BCUT2D eigenvalue weighted by atomic mass is 32.1. The molecule has 1 fully saturated rings. The zero-order valence-electron chi connectivity index (χ0n) is 16.8. The van der Waals surface area contributed by atoms with Gasteiger partial charge >= 0.3 is 6.03 Å². The van der Waals surface area contributed by atoms with E-state index in [1.54, 1.807) is 33.4 Å². The van der Waals surface area contributed by atoms with Crippen LogP contribution in [0.2, 0.25) is 0 Å². The number of aromatic nitrogens is 1. The summed E-state index contributed by atoms with van der Waals surface area (Å²) in [6.45, 7) is 3.58. The first kappa shape index (κ1) is 20.6. The van der Waals surface area contributed by atoms with Crippen molar-refractivity contribution in [1.29, 1.82) is 0 Å². The Kier molecular flexibility index (Phi) is 5.99. The maximum atomic E-state index is 12.8. The number of rotatable bonds is 4. The summed E-state index contributed by atoms with van der Waals surface area (Å²) in [7, 11) is 0. The molecule has 3 aromatic rings. The molecule has 0 saturated carbocycles. The number of benzene rings is 1. The number of hydrogen-bond acceptors (Lipinski definition) is 6. The third-order valence-electron chi connectivity index (χ3n) is 4.81. The van der Waals surface area contributed by atoms with Crippen LogP contribution in [-0.2, 0) is 0 Å². The molecule has 0 spiro atoms. The van der Waals surface area contributed by atoms with E-state index in [2.05, 4.69) is 15.6 Å². The Morgan fingerprint density at radius 1 is 1.00 bits per heavy atom. The summed E-state index contributed by atoms with van der Waals surface area (Å²) < 4.78 is 5.15. The molecule has 2 aromatic heterocycles. The predicted octanol–water partition coefficient (Wildman–Crippen LogP) is 3.29. The molecule has 1 aliphatic rings. The molecule has 2 N–H and O–H groups in total. The molecule has 4 amide bonds. The van der Waals surface area contributed by atoms with Crippen molar-refractivity contribution in [2.24, 2.45) is 0 Å². The fourth-order valence-electron chi connectivity index (χ4n) is 3.24. The zero-order chi connectivity index (χ0) is 21.8.